The minimum absolute atomic E-state index is 0.476. The number of nitrogens with two attached hydrogens (primary N) is 1. The van der Waals surface area contributed by atoms with Crippen molar-refractivity contribution in [1.29, 1.82) is 0 Å². The van der Waals surface area contributed by atoms with Crippen LogP contribution in [0.15, 0.2) is 24.3 Å². The summed E-state index contributed by atoms with van der Waals surface area (Å²) < 4.78 is 0. The molecule has 1 rings (SSSR count). The highest BCUT2D eigenvalue weighted by molar-refractivity contribution is 6.30. The summed E-state index contributed by atoms with van der Waals surface area (Å²) in [5.41, 5.74) is 6.92. The third-order valence-corrected chi connectivity index (χ3v) is 3.45. The van der Waals surface area contributed by atoms with Crippen LogP contribution >= 0.6 is 11.6 Å². The summed E-state index contributed by atoms with van der Waals surface area (Å²) in [7, 11) is 2.12. The number of hydrogen-bond acceptors (Lipinski definition) is 2. The van der Waals surface area contributed by atoms with Crippen LogP contribution in [0.2, 0.25) is 5.02 Å². The maximum atomic E-state index is 5.96. The Labute approximate surface area is 103 Å². The Balaban J connectivity index is 2.60. The van der Waals surface area contributed by atoms with Gasteiger partial charge in [-0.25, -0.2) is 0 Å². The predicted octanol–water partition coefficient (Wildman–Crippen LogP) is 2.76. The van der Waals surface area contributed by atoms with Crippen molar-refractivity contribution in [2.24, 2.45) is 11.7 Å². The van der Waals surface area contributed by atoms with Crippen molar-refractivity contribution in [2.45, 2.75) is 26.4 Å². The van der Waals surface area contributed by atoms with Crippen LogP contribution in [0.25, 0.3) is 0 Å². The third kappa shape index (κ3) is 3.78. The Morgan fingerprint density at radius 3 is 2.62 bits per heavy atom. The summed E-state index contributed by atoms with van der Waals surface area (Å²) >= 11 is 5.96. The zero-order valence-electron chi connectivity index (χ0n) is 10.3. The van der Waals surface area contributed by atoms with Gasteiger partial charge in [0, 0.05) is 17.6 Å². The monoisotopic (exact) mass is 240 g/mol. The molecule has 0 aliphatic rings. The van der Waals surface area contributed by atoms with Crippen molar-refractivity contribution in [2.75, 3.05) is 13.6 Å². The summed E-state index contributed by atoms with van der Waals surface area (Å²) in [4.78, 5) is 2.31. The van der Waals surface area contributed by atoms with E-state index in [0.717, 1.165) is 18.1 Å². The van der Waals surface area contributed by atoms with E-state index in [9.17, 15) is 0 Å². The molecule has 16 heavy (non-hydrogen) atoms. The number of rotatable bonds is 5. The molecule has 90 valence electrons. The van der Waals surface area contributed by atoms with Crippen LogP contribution < -0.4 is 5.73 Å². The van der Waals surface area contributed by atoms with Crippen LogP contribution in [0.3, 0.4) is 0 Å². The molecule has 0 amide bonds. The standard InChI is InChI=1S/C13H21ClN2/c1-10(8-15)11(2)16(3)9-12-5-4-6-13(14)7-12/h4-7,10-11H,8-9,15H2,1-3H3. The van der Waals surface area contributed by atoms with Crippen LogP contribution in [0.1, 0.15) is 19.4 Å². The summed E-state index contributed by atoms with van der Waals surface area (Å²) in [6.07, 6.45) is 0. The maximum Gasteiger partial charge on any atom is 0.0409 e. The summed E-state index contributed by atoms with van der Waals surface area (Å²) in [5.74, 6) is 0.504. The highest BCUT2D eigenvalue weighted by Gasteiger charge is 2.15. The first kappa shape index (κ1) is 13.5. The molecule has 2 N–H and O–H groups in total. The van der Waals surface area contributed by atoms with Crippen LogP contribution in [0, 0.1) is 5.92 Å². The molecule has 1 aromatic rings. The second-order valence-corrected chi connectivity index (χ2v) is 4.94. The summed E-state index contributed by atoms with van der Waals surface area (Å²) in [6, 6.07) is 8.48. The molecule has 0 saturated carbocycles. The first-order valence-corrected chi connectivity index (χ1v) is 6.07. The Kier molecular flexibility index (Phi) is 5.26. The zero-order valence-corrected chi connectivity index (χ0v) is 11.0. The molecule has 0 spiro atoms. The van der Waals surface area contributed by atoms with Gasteiger partial charge in [-0.2, -0.15) is 0 Å². The lowest BCUT2D eigenvalue weighted by Crippen LogP contribution is -2.37. The lowest BCUT2D eigenvalue weighted by atomic mass is 10.0. The number of nitrogens with zero attached hydrogens (tertiary/aromatic N) is 1. The van der Waals surface area contributed by atoms with Crippen molar-refractivity contribution < 1.29 is 0 Å². The Morgan fingerprint density at radius 1 is 1.38 bits per heavy atom. The number of hydrogen-bond donors (Lipinski definition) is 1. The molecule has 0 radical (unpaired) electrons. The van der Waals surface area contributed by atoms with Crippen molar-refractivity contribution in [3.8, 4) is 0 Å². The van der Waals surface area contributed by atoms with Gasteiger partial charge in [-0.05, 0) is 44.1 Å². The second kappa shape index (κ2) is 6.24. The van der Waals surface area contributed by atoms with Crippen LogP contribution in [-0.2, 0) is 6.54 Å². The van der Waals surface area contributed by atoms with E-state index in [-0.39, 0.29) is 0 Å². The van der Waals surface area contributed by atoms with Crippen molar-refractivity contribution in [3.63, 3.8) is 0 Å². The summed E-state index contributed by atoms with van der Waals surface area (Å²) in [6.45, 7) is 6.02. The molecule has 0 aliphatic carbocycles. The number of halogens is 1. The zero-order chi connectivity index (χ0) is 12.1. The molecular weight excluding hydrogens is 220 g/mol. The SMILES string of the molecule is CC(CN)C(C)N(C)Cc1cccc(Cl)c1. The van der Waals surface area contributed by atoms with Gasteiger partial charge in [0.2, 0.25) is 0 Å². The fourth-order valence-corrected chi connectivity index (χ4v) is 1.91. The van der Waals surface area contributed by atoms with Crippen molar-refractivity contribution in [1.82, 2.24) is 4.90 Å². The van der Waals surface area contributed by atoms with Gasteiger partial charge >= 0.3 is 0 Å². The van der Waals surface area contributed by atoms with Crippen molar-refractivity contribution >= 4 is 11.6 Å². The Morgan fingerprint density at radius 2 is 2.06 bits per heavy atom. The predicted molar refractivity (Wildman–Crippen MR) is 70.6 cm³/mol. The van der Waals surface area contributed by atoms with Gasteiger partial charge in [0.1, 0.15) is 0 Å². The van der Waals surface area contributed by atoms with E-state index in [2.05, 4.69) is 31.9 Å². The van der Waals surface area contributed by atoms with Crippen LogP contribution in [-0.4, -0.2) is 24.5 Å². The number of benzene rings is 1. The second-order valence-electron chi connectivity index (χ2n) is 4.50. The lowest BCUT2D eigenvalue weighted by Gasteiger charge is -2.29. The normalized spacial score (nSPS) is 15.1. The van der Waals surface area contributed by atoms with E-state index >= 15 is 0 Å². The fraction of sp³-hybridized carbons (Fsp3) is 0.538. The average molecular weight is 241 g/mol. The molecule has 0 saturated heterocycles. The van der Waals surface area contributed by atoms with E-state index < -0.39 is 0 Å². The topological polar surface area (TPSA) is 29.3 Å². The molecule has 0 fully saturated rings. The molecular formula is C13H21ClN2. The largest absolute Gasteiger partial charge is 0.330 e. The van der Waals surface area contributed by atoms with Crippen LogP contribution in [0.4, 0.5) is 0 Å². The average Bonchev–Trinajstić information content (AvgIpc) is 2.27. The third-order valence-electron chi connectivity index (χ3n) is 3.21. The van der Waals surface area contributed by atoms with Crippen molar-refractivity contribution in [3.05, 3.63) is 34.9 Å². The van der Waals surface area contributed by atoms with E-state index in [0.29, 0.717) is 12.0 Å². The van der Waals surface area contributed by atoms with Gasteiger partial charge in [-0.15, -0.1) is 0 Å². The van der Waals surface area contributed by atoms with Gasteiger partial charge in [-0.1, -0.05) is 30.7 Å². The van der Waals surface area contributed by atoms with Gasteiger partial charge < -0.3 is 5.73 Å². The maximum absolute atomic E-state index is 5.96. The van der Waals surface area contributed by atoms with Gasteiger partial charge in [-0.3, -0.25) is 4.90 Å². The molecule has 0 heterocycles. The molecule has 2 atom stereocenters. The fourth-order valence-electron chi connectivity index (χ4n) is 1.70. The van der Waals surface area contributed by atoms with E-state index in [1.165, 1.54) is 5.56 Å². The minimum Gasteiger partial charge on any atom is -0.330 e. The quantitative estimate of drug-likeness (QED) is 0.858. The smallest absolute Gasteiger partial charge is 0.0409 e. The molecule has 2 unspecified atom stereocenters. The summed E-state index contributed by atoms with van der Waals surface area (Å²) in [5, 5.41) is 0.797. The Hall–Kier alpha value is -0.570. The first-order chi connectivity index (χ1) is 7.54. The molecule has 1 aromatic carbocycles. The van der Waals surface area contributed by atoms with E-state index in [1.54, 1.807) is 0 Å². The van der Waals surface area contributed by atoms with E-state index in [4.69, 9.17) is 17.3 Å². The first-order valence-electron chi connectivity index (χ1n) is 5.69. The van der Waals surface area contributed by atoms with Gasteiger partial charge in [0.25, 0.3) is 0 Å². The van der Waals surface area contributed by atoms with Gasteiger partial charge in [0.15, 0.2) is 0 Å². The highest BCUT2D eigenvalue weighted by Crippen LogP contribution is 2.15. The molecule has 2 nitrogen and oxygen atoms in total. The molecule has 0 bridgehead atoms. The molecule has 0 aromatic heterocycles. The Bertz CT molecular complexity index is 327. The minimum atomic E-state index is 0.476. The molecule has 0 aliphatic heterocycles. The lowest BCUT2D eigenvalue weighted by molar-refractivity contribution is 0.194. The van der Waals surface area contributed by atoms with Crippen LogP contribution in [0.5, 0.6) is 0 Å². The highest BCUT2D eigenvalue weighted by atomic mass is 35.5. The van der Waals surface area contributed by atoms with Gasteiger partial charge in [0.05, 0.1) is 0 Å². The molecule has 3 heteroatoms. The van der Waals surface area contributed by atoms with E-state index in [1.807, 2.05) is 18.2 Å².